The summed E-state index contributed by atoms with van der Waals surface area (Å²) >= 11 is 5.29. The molecule has 0 unspecified atom stereocenters. The quantitative estimate of drug-likeness (QED) is 0.452. The molecule has 1 aliphatic carbocycles. The molecule has 0 radical (unpaired) electrons. The predicted molar refractivity (Wildman–Crippen MR) is 118 cm³/mol. The van der Waals surface area contributed by atoms with E-state index in [4.69, 9.17) is 18.0 Å². The lowest BCUT2D eigenvalue weighted by Crippen LogP contribution is -2.55. The van der Waals surface area contributed by atoms with Crippen molar-refractivity contribution < 1.29 is 9.72 Å². The van der Waals surface area contributed by atoms with Crippen LogP contribution >= 0.6 is 12.2 Å². The minimum absolute atomic E-state index is 0.0575. The van der Waals surface area contributed by atoms with Crippen LogP contribution in [0.25, 0.3) is 0 Å². The fourth-order valence-corrected chi connectivity index (χ4v) is 3.92. The molecule has 0 atom stereocenters. The maximum absolute atomic E-state index is 13.6. The molecule has 3 rings (SSSR count). The van der Waals surface area contributed by atoms with E-state index >= 15 is 0 Å². The molecule has 29 heavy (non-hydrogen) atoms. The first kappa shape index (κ1) is 20.7. The van der Waals surface area contributed by atoms with Crippen molar-refractivity contribution in [3.8, 4) is 0 Å². The number of aryl methyl sites for hydroxylation is 1. The number of nitro groups is 1. The minimum Gasteiger partial charge on any atom is -0.374 e. The van der Waals surface area contributed by atoms with Crippen LogP contribution in [0.5, 0.6) is 0 Å². The summed E-state index contributed by atoms with van der Waals surface area (Å²) in [5.74, 6) is -0.239. The van der Waals surface area contributed by atoms with Gasteiger partial charge in [-0.1, -0.05) is 43.5 Å². The topological polar surface area (TPSA) is 92.7 Å². The van der Waals surface area contributed by atoms with Gasteiger partial charge in [-0.25, -0.2) is 10.0 Å². The van der Waals surface area contributed by atoms with E-state index in [2.05, 4.69) is 0 Å². The number of amides is 1. The van der Waals surface area contributed by atoms with Crippen LogP contribution in [0, 0.1) is 23.0 Å². The summed E-state index contributed by atoms with van der Waals surface area (Å²) in [6.45, 7) is 1.90. The van der Waals surface area contributed by atoms with Crippen molar-refractivity contribution in [3.05, 3.63) is 64.2 Å². The Balaban J connectivity index is 2.12. The molecule has 152 valence electrons. The maximum atomic E-state index is 13.6. The number of non-ortho nitro benzene ring substituents is 1. The van der Waals surface area contributed by atoms with Gasteiger partial charge in [-0.2, -0.15) is 0 Å². The van der Waals surface area contributed by atoms with Gasteiger partial charge in [0.2, 0.25) is 5.91 Å². The van der Waals surface area contributed by atoms with Gasteiger partial charge in [0.25, 0.3) is 5.69 Å². The van der Waals surface area contributed by atoms with Crippen LogP contribution in [0.2, 0.25) is 0 Å². The average molecular weight is 413 g/mol. The van der Waals surface area contributed by atoms with Crippen molar-refractivity contribution in [2.45, 2.75) is 39.0 Å². The highest BCUT2D eigenvalue weighted by molar-refractivity contribution is 7.80. The molecule has 0 spiro atoms. The molecule has 1 aliphatic rings. The number of nitrogens with zero attached hydrogens (tertiary/aromatic N) is 3. The summed E-state index contributed by atoms with van der Waals surface area (Å²) in [6.07, 6.45) is 4.74. The summed E-state index contributed by atoms with van der Waals surface area (Å²) in [5, 5.41) is 14.1. The first-order chi connectivity index (χ1) is 13.9. The normalized spacial score (nSPS) is 14.2. The van der Waals surface area contributed by atoms with Crippen molar-refractivity contribution in [3.63, 3.8) is 0 Å². The molecule has 1 amide bonds. The minimum atomic E-state index is -0.484. The number of carbonyl (C=O) groups excluding carboxylic acids is 1. The van der Waals surface area contributed by atoms with Gasteiger partial charge >= 0.3 is 0 Å². The highest BCUT2D eigenvalue weighted by atomic mass is 32.1. The fraction of sp³-hybridized carbons (Fsp3) is 0.333. The monoisotopic (exact) mass is 412 g/mol. The Bertz CT molecular complexity index is 928. The third-order valence-corrected chi connectivity index (χ3v) is 5.37. The Labute approximate surface area is 175 Å². The van der Waals surface area contributed by atoms with Gasteiger partial charge in [-0.3, -0.25) is 14.9 Å². The summed E-state index contributed by atoms with van der Waals surface area (Å²) in [6, 6.07) is 13.4. The molecule has 7 nitrogen and oxygen atoms in total. The number of hydrogen-bond acceptors (Lipinski definition) is 4. The number of anilines is 2. The van der Waals surface area contributed by atoms with E-state index in [-0.39, 0.29) is 22.6 Å². The van der Waals surface area contributed by atoms with Crippen molar-refractivity contribution in [1.82, 2.24) is 0 Å². The summed E-state index contributed by atoms with van der Waals surface area (Å²) < 4.78 is 0. The van der Waals surface area contributed by atoms with E-state index in [1.54, 1.807) is 12.1 Å². The molecule has 0 aromatic heterocycles. The summed E-state index contributed by atoms with van der Waals surface area (Å²) in [5.41, 5.74) is 7.85. The second-order valence-corrected chi connectivity index (χ2v) is 7.62. The van der Waals surface area contributed by atoms with Crippen LogP contribution in [-0.2, 0) is 4.79 Å². The molecule has 0 heterocycles. The highest BCUT2D eigenvalue weighted by Crippen LogP contribution is 2.33. The average Bonchev–Trinajstić information content (AvgIpc) is 2.72. The number of carbonyl (C=O) groups is 1. The van der Waals surface area contributed by atoms with E-state index in [0.29, 0.717) is 11.4 Å². The van der Waals surface area contributed by atoms with E-state index < -0.39 is 4.92 Å². The molecule has 0 bridgehead atoms. The standard InChI is InChI=1S/C21H24N4O3S/c1-15-8-5-6-13-19(15)24(20(26)16-9-3-2-4-10-16)23(21(22)29)17-11-7-12-18(14-17)25(27)28/h5-8,11-14,16H,2-4,9-10H2,1H3,(H2,22,29). The van der Waals surface area contributed by atoms with Crippen LogP contribution < -0.4 is 15.8 Å². The smallest absolute Gasteiger partial charge is 0.271 e. The summed E-state index contributed by atoms with van der Waals surface area (Å²) in [7, 11) is 0. The van der Waals surface area contributed by atoms with E-state index in [9.17, 15) is 14.9 Å². The number of hydrogen-bond donors (Lipinski definition) is 1. The van der Waals surface area contributed by atoms with E-state index in [0.717, 1.165) is 37.7 Å². The Morgan fingerprint density at radius 1 is 1.10 bits per heavy atom. The van der Waals surface area contributed by atoms with Gasteiger partial charge in [-0.05, 0) is 49.7 Å². The number of rotatable bonds is 4. The van der Waals surface area contributed by atoms with Gasteiger partial charge in [0.15, 0.2) is 5.11 Å². The molecular weight excluding hydrogens is 388 g/mol. The van der Waals surface area contributed by atoms with Crippen LogP contribution in [0.3, 0.4) is 0 Å². The Kier molecular flexibility index (Phi) is 6.43. The molecule has 2 N–H and O–H groups in total. The van der Waals surface area contributed by atoms with E-state index in [1.165, 1.54) is 22.2 Å². The zero-order chi connectivity index (χ0) is 21.0. The first-order valence-corrected chi connectivity index (χ1v) is 10.0. The zero-order valence-electron chi connectivity index (χ0n) is 16.3. The van der Waals surface area contributed by atoms with Gasteiger partial charge < -0.3 is 5.73 Å². The first-order valence-electron chi connectivity index (χ1n) is 9.63. The van der Waals surface area contributed by atoms with Crippen LogP contribution in [0.4, 0.5) is 17.1 Å². The maximum Gasteiger partial charge on any atom is 0.271 e. The molecule has 8 heteroatoms. The predicted octanol–water partition coefficient (Wildman–Crippen LogP) is 4.48. The molecule has 0 aliphatic heterocycles. The molecule has 2 aromatic carbocycles. The van der Waals surface area contributed by atoms with Crippen molar-refractivity contribution >= 4 is 40.3 Å². The highest BCUT2D eigenvalue weighted by Gasteiger charge is 2.33. The van der Waals surface area contributed by atoms with Gasteiger partial charge in [-0.15, -0.1) is 0 Å². The second kappa shape index (κ2) is 9.00. The second-order valence-electron chi connectivity index (χ2n) is 7.20. The van der Waals surface area contributed by atoms with Crippen LogP contribution in [0.1, 0.15) is 37.7 Å². The SMILES string of the molecule is Cc1ccccc1N(C(=O)C1CCCCC1)N(C(N)=S)c1cccc([N+](=O)[O-])c1. The molecular formula is C21H24N4O3S. The molecule has 1 saturated carbocycles. The lowest BCUT2D eigenvalue weighted by Gasteiger charge is -2.38. The van der Waals surface area contributed by atoms with Crippen molar-refractivity contribution in [1.29, 1.82) is 0 Å². The van der Waals surface area contributed by atoms with Crippen molar-refractivity contribution in [2.75, 3.05) is 10.0 Å². The third kappa shape index (κ3) is 4.54. The number of nitrogens with two attached hydrogens (primary N) is 1. The largest absolute Gasteiger partial charge is 0.374 e. The van der Waals surface area contributed by atoms with Gasteiger partial charge in [0, 0.05) is 18.1 Å². The molecule has 0 saturated heterocycles. The number of benzene rings is 2. The summed E-state index contributed by atoms with van der Waals surface area (Å²) in [4.78, 5) is 24.4. The zero-order valence-corrected chi connectivity index (χ0v) is 17.1. The molecule has 1 fully saturated rings. The van der Waals surface area contributed by atoms with Gasteiger partial charge in [0.1, 0.15) is 0 Å². The number of hydrazine groups is 1. The Hall–Kier alpha value is -3.00. The number of nitro benzene ring substituents is 1. The Morgan fingerprint density at radius 2 is 1.79 bits per heavy atom. The van der Waals surface area contributed by atoms with Crippen LogP contribution in [-0.4, -0.2) is 15.9 Å². The number of para-hydroxylation sites is 1. The van der Waals surface area contributed by atoms with Crippen molar-refractivity contribution in [2.24, 2.45) is 11.7 Å². The lowest BCUT2D eigenvalue weighted by atomic mass is 9.88. The fourth-order valence-electron chi connectivity index (χ4n) is 3.73. The Morgan fingerprint density at radius 3 is 2.41 bits per heavy atom. The van der Waals surface area contributed by atoms with Crippen LogP contribution in [0.15, 0.2) is 48.5 Å². The van der Waals surface area contributed by atoms with E-state index in [1.807, 2.05) is 31.2 Å². The van der Waals surface area contributed by atoms with Gasteiger partial charge in [0.05, 0.1) is 16.3 Å². The third-order valence-electron chi connectivity index (χ3n) is 5.20. The lowest BCUT2D eigenvalue weighted by molar-refractivity contribution is -0.384. The number of thiocarbonyl (C=S) groups is 1. The molecule has 2 aromatic rings.